The highest BCUT2D eigenvalue weighted by molar-refractivity contribution is 7.85. The van der Waals surface area contributed by atoms with Crippen LogP contribution >= 0.6 is 0 Å². The van der Waals surface area contributed by atoms with Gasteiger partial charge < -0.3 is 4.55 Å². The Morgan fingerprint density at radius 2 is 0.766 bits per heavy atom. The van der Waals surface area contributed by atoms with E-state index < -0.39 is 10.1 Å². The van der Waals surface area contributed by atoms with Crippen LogP contribution in [0.3, 0.4) is 0 Å². The molecule has 0 atom stereocenters. The first kappa shape index (κ1) is 35.8. The van der Waals surface area contributed by atoms with E-state index in [-0.39, 0.29) is 4.90 Å². The smallest absolute Gasteiger partial charge is 0.148 e. The Hall–Kier alpha value is -4.03. The third-order valence-corrected chi connectivity index (χ3v) is 9.45. The third kappa shape index (κ3) is 10.5. The lowest BCUT2D eigenvalue weighted by Gasteiger charge is -2.37. The van der Waals surface area contributed by atoms with E-state index in [1.54, 1.807) is 12.1 Å². The first-order valence-corrected chi connectivity index (χ1v) is 18.5. The Kier molecular flexibility index (Phi) is 14.4. The minimum Gasteiger partial charge on any atom is -0.744 e. The van der Waals surface area contributed by atoms with E-state index in [0.29, 0.717) is 4.48 Å². The Morgan fingerprint density at radius 3 is 1.09 bits per heavy atom. The van der Waals surface area contributed by atoms with Gasteiger partial charge in [0.15, 0.2) is 0 Å². The molecule has 0 N–H and O–H groups in total. The van der Waals surface area contributed by atoms with Gasteiger partial charge >= 0.3 is 0 Å². The summed E-state index contributed by atoms with van der Waals surface area (Å²) in [5, 5.41) is 0. The summed E-state index contributed by atoms with van der Waals surface area (Å²) in [5.74, 6) is 0. The molecule has 0 amide bonds. The van der Waals surface area contributed by atoms with Crippen LogP contribution in [-0.4, -0.2) is 13.0 Å². The van der Waals surface area contributed by atoms with Crippen LogP contribution < -0.4 is 4.48 Å². The quantitative estimate of drug-likeness (QED) is 0.0608. The molecule has 0 aliphatic heterocycles. The van der Waals surface area contributed by atoms with Crippen LogP contribution in [0, 0.1) is 0 Å². The number of rotatable bonds is 16. The first-order chi connectivity index (χ1) is 23.0. The number of quaternary nitrogens is 1. The second-order valence-electron chi connectivity index (χ2n) is 12.0. The lowest BCUT2D eigenvalue weighted by Crippen LogP contribution is -2.33. The van der Waals surface area contributed by atoms with Gasteiger partial charge in [0.1, 0.15) is 32.9 Å². The zero-order valence-electron chi connectivity index (χ0n) is 27.7. The summed E-state index contributed by atoms with van der Waals surface area (Å²) in [7, 11) is -4.31. The molecule has 246 valence electrons. The fourth-order valence-corrected chi connectivity index (χ4v) is 6.61. The molecule has 0 fully saturated rings. The summed E-state index contributed by atoms with van der Waals surface area (Å²) in [6.07, 6.45) is 14.0. The number of aryl methyl sites for hydroxylation is 1. The van der Waals surface area contributed by atoms with Gasteiger partial charge in [-0.05, 0) is 30.5 Å². The van der Waals surface area contributed by atoms with E-state index in [9.17, 15) is 13.0 Å². The van der Waals surface area contributed by atoms with Crippen molar-refractivity contribution < 1.29 is 13.0 Å². The fourth-order valence-electron chi connectivity index (χ4n) is 6.14. The van der Waals surface area contributed by atoms with Gasteiger partial charge in [0, 0.05) is 48.5 Å². The fraction of sp³-hybridized carbons (Fsp3) is 0.286. The van der Waals surface area contributed by atoms with Gasteiger partial charge in [0.2, 0.25) is 0 Å². The maximum Gasteiger partial charge on any atom is 0.148 e. The molecule has 0 aliphatic rings. The van der Waals surface area contributed by atoms with E-state index in [4.69, 9.17) is 0 Å². The van der Waals surface area contributed by atoms with Gasteiger partial charge in [-0.1, -0.05) is 150 Å². The first-order valence-electron chi connectivity index (χ1n) is 17.1. The normalized spacial score (nSPS) is 11.4. The maximum atomic E-state index is 10.8. The standard InChI is InChI=1S/C24H20N.C18H30O3S/c1-5-13-21(14-6-1)25(22-15-7-2-8-16-22,23-17-9-3-10-18-23)24-19-11-4-12-20-24;1-2-3-4-5-6-7-8-9-10-11-12-17-13-15-18(16-14-17)22(19,20)21/h1-20H;13-16H,2-12H2,1H3,(H,19,20,21)/q+1;/p-1. The van der Waals surface area contributed by atoms with Gasteiger partial charge in [0.05, 0.1) is 4.90 Å². The molecule has 4 nitrogen and oxygen atoms in total. The summed E-state index contributed by atoms with van der Waals surface area (Å²) in [6, 6.07) is 49.1. The largest absolute Gasteiger partial charge is 0.744 e. The van der Waals surface area contributed by atoms with Crippen molar-refractivity contribution in [2.45, 2.75) is 82.4 Å². The van der Waals surface area contributed by atoms with Crippen molar-refractivity contribution in [3.05, 3.63) is 151 Å². The minimum atomic E-state index is -4.31. The van der Waals surface area contributed by atoms with Crippen LogP contribution in [0.2, 0.25) is 0 Å². The zero-order chi connectivity index (χ0) is 33.2. The van der Waals surface area contributed by atoms with Gasteiger partial charge in [-0.3, -0.25) is 0 Å². The molecule has 0 heterocycles. The molecular weight excluding hydrogens is 599 g/mol. The van der Waals surface area contributed by atoms with Crippen LogP contribution in [0.25, 0.3) is 0 Å². The molecule has 47 heavy (non-hydrogen) atoms. The number of nitrogens with zero attached hydrogens (tertiary/aromatic N) is 1. The maximum absolute atomic E-state index is 10.8. The Morgan fingerprint density at radius 1 is 0.447 bits per heavy atom. The second-order valence-corrected chi connectivity index (χ2v) is 13.4. The van der Waals surface area contributed by atoms with Crippen LogP contribution in [0.1, 0.15) is 76.7 Å². The van der Waals surface area contributed by atoms with Crippen LogP contribution in [0.15, 0.2) is 150 Å². The van der Waals surface area contributed by atoms with E-state index in [2.05, 4.69) is 128 Å². The van der Waals surface area contributed by atoms with Gasteiger partial charge in [-0.15, -0.1) is 0 Å². The van der Waals surface area contributed by atoms with Gasteiger partial charge in [-0.2, -0.15) is 4.48 Å². The van der Waals surface area contributed by atoms with E-state index in [0.717, 1.165) is 18.4 Å². The van der Waals surface area contributed by atoms with Crippen molar-refractivity contribution in [2.24, 2.45) is 0 Å². The molecule has 0 radical (unpaired) electrons. The number of benzene rings is 5. The highest BCUT2D eigenvalue weighted by Gasteiger charge is 2.38. The molecule has 0 unspecified atom stereocenters. The number of hydrogen-bond donors (Lipinski definition) is 0. The molecule has 0 aromatic heterocycles. The highest BCUT2D eigenvalue weighted by Crippen LogP contribution is 2.50. The second kappa shape index (κ2) is 19.0. The summed E-state index contributed by atoms with van der Waals surface area (Å²) in [5.41, 5.74) is 5.96. The van der Waals surface area contributed by atoms with E-state index in [1.165, 1.54) is 92.7 Å². The Labute approximate surface area is 283 Å². The summed E-state index contributed by atoms with van der Waals surface area (Å²) in [6.45, 7) is 2.24. The predicted octanol–water partition coefficient (Wildman–Crippen LogP) is 12.0. The predicted molar refractivity (Wildman–Crippen MR) is 196 cm³/mol. The molecule has 5 aromatic carbocycles. The van der Waals surface area contributed by atoms with Crippen LogP contribution in [0.4, 0.5) is 22.7 Å². The summed E-state index contributed by atoms with van der Waals surface area (Å²) < 4.78 is 33.1. The number of unbranched alkanes of at least 4 members (excludes halogenated alkanes) is 9. The SMILES string of the molecule is CCCCCCCCCCCCc1ccc(S(=O)(=O)[O-])cc1.c1ccc([N+](c2ccccc2)(c2ccccc2)c2ccccc2)cc1. The average molecular weight is 648 g/mol. The molecular formula is C42H49NO3S. The minimum absolute atomic E-state index is 0.140. The zero-order valence-corrected chi connectivity index (χ0v) is 28.5. The van der Waals surface area contributed by atoms with Crippen molar-refractivity contribution in [3.63, 3.8) is 0 Å². The van der Waals surface area contributed by atoms with Crippen LogP contribution in [0.5, 0.6) is 0 Å². The van der Waals surface area contributed by atoms with Crippen molar-refractivity contribution in [1.82, 2.24) is 4.48 Å². The topological polar surface area (TPSA) is 57.2 Å². The molecule has 5 rings (SSSR count). The Bertz CT molecular complexity index is 1500. The van der Waals surface area contributed by atoms with Gasteiger partial charge in [-0.25, -0.2) is 8.42 Å². The van der Waals surface area contributed by atoms with E-state index in [1.807, 2.05) is 0 Å². The lowest BCUT2D eigenvalue weighted by atomic mass is 10.0. The molecule has 5 heteroatoms. The van der Waals surface area contributed by atoms with Crippen molar-refractivity contribution in [3.8, 4) is 0 Å². The number of hydrogen-bond acceptors (Lipinski definition) is 3. The molecule has 5 aromatic rings. The van der Waals surface area contributed by atoms with Crippen molar-refractivity contribution in [2.75, 3.05) is 0 Å². The molecule has 0 saturated heterocycles. The third-order valence-electron chi connectivity index (χ3n) is 8.60. The van der Waals surface area contributed by atoms with Gasteiger partial charge in [0.25, 0.3) is 0 Å². The van der Waals surface area contributed by atoms with Crippen molar-refractivity contribution >= 4 is 32.9 Å². The monoisotopic (exact) mass is 647 g/mol. The van der Waals surface area contributed by atoms with Crippen molar-refractivity contribution in [1.29, 1.82) is 0 Å². The Balaban J connectivity index is 0.000000215. The molecule has 0 spiro atoms. The average Bonchev–Trinajstić information content (AvgIpc) is 3.11. The summed E-state index contributed by atoms with van der Waals surface area (Å²) in [4.78, 5) is -0.140. The molecule has 0 aliphatic carbocycles. The summed E-state index contributed by atoms with van der Waals surface area (Å²) >= 11 is 0. The highest BCUT2D eigenvalue weighted by atomic mass is 32.2. The lowest BCUT2D eigenvalue weighted by molar-refractivity contribution is 0.463. The van der Waals surface area contributed by atoms with E-state index >= 15 is 0 Å². The number of para-hydroxylation sites is 4. The molecule has 0 bridgehead atoms. The van der Waals surface area contributed by atoms with Crippen LogP contribution in [-0.2, 0) is 16.5 Å². The molecule has 0 saturated carbocycles.